The number of aromatic nitrogens is 2. The third kappa shape index (κ3) is 4.30. The standard InChI is InChI=1S/C25H22N2O3/c28-24-22-20(25(29)30)11-6-12-21(22)26-23(27-24)19-15-13-18(14-16-19)10-5-4-9-17-7-2-1-3-8-17/h1-3,6-8,11-16H,4-5,9-10H2,(H,29,30)(H,26,27,28). The number of fused-ring (bicyclic) bond motifs is 1. The summed E-state index contributed by atoms with van der Waals surface area (Å²) in [6, 6.07) is 23.1. The largest absolute Gasteiger partial charge is 0.478 e. The zero-order valence-corrected chi connectivity index (χ0v) is 16.5. The lowest BCUT2D eigenvalue weighted by molar-refractivity contribution is 0.0699. The van der Waals surface area contributed by atoms with Crippen molar-refractivity contribution in [1.29, 1.82) is 0 Å². The second kappa shape index (κ2) is 8.74. The smallest absolute Gasteiger partial charge is 0.336 e. The number of carboxylic acid groups (broad SMARTS) is 1. The summed E-state index contributed by atoms with van der Waals surface area (Å²) in [5, 5.41) is 9.40. The summed E-state index contributed by atoms with van der Waals surface area (Å²) in [5.41, 5.74) is 3.28. The van der Waals surface area contributed by atoms with Gasteiger partial charge in [0.05, 0.1) is 16.5 Å². The van der Waals surface area contributed by atoms with E-state index in [4.69, 9.17) is 0 Å². The van der Waals surface area contributed by atoms with Gasteiger partial charge in [0.1, 0.15) is 5.82 Å². The summed E-state index contributed by atoms with van der Waals surface area (Å²) in [5.74, 6) is -0.706. The van der Waals surface area contributed by atoms with E-state index in [2.05, 4.69) is 46.4 Å². The average Bonchev–Trinajstić information content (AvgIpc) is 2.77. The van der Waals surface area contributed by atoms with E-state index in [-0.39, 0.29) is 10.9 Å². The van der Waals surface area contributed by atoms with Crippen molar-refractivity contribution >= 4 is 16.9 Å². The van der Waals surface area contributed by atoms with Crippen molar-refractivity contribution in [1.82, 2.24) is 9.97 Å². The number of unbranched alkanes of at least 4 members (excludes halogenated alkanes) is 1. The third-order valence-corrected chi connectivity index (χ3v) is 5.22. The molecule has 3 aromatic carbocycles. The first kappa shape index (κ1) is 19.6. The summed E-state index contributed by atoms with van der Waals surface area (Å²) in [6.07, 6.45) is 4.32. The van der Waals surface area contributed by atoms with Crippen LogP contribution in [0.4, 0.5) is 0 Å². The van der Waals surface area contributed by atoms with Crippen LogP contribution in [-0.4, -0.2) is 21.0 Å². The van der Waals surface area contributed by atoms with Crippen molar-refractivity contribution in [3.63, 3.8) is 0 Å². The molecule has 0 aliphatic carbocycles. The zero-order valence-electron chi connectivity index (χ0n) is 16.5. The lowest BCUT2D eigenvalue weighted by Gasteiger charge is -2.07. The molecule has 0 spiro atoms. The highest BCUT2D eigenvalue weighted by Crippen LogP contribution is 2.20. The predicted octanol–water partition coefficient (Wildman–Crippen LogP) is 4.85. The maximum Gasteiger partial charge on any atom is 0.336 e. The Morgan fingerprint density at radius 3 is 2.17 bits per heavy atom. The minimum absolute atomic E-state index is 0.0429. The molecule has 0 saturated heterocycles. The van der Waals surface area contributed by atoms with Crippen LogP contribution in [0.5, 0.6) is 0 Å². The maximum absolute atomic E-state index is 12.5. The van der Waals surface area contributed by atoms with Crippen LogP contribution in [-0.2, 0) is 12.8 Å². The number of rotatable bonds is 7. The molecule has 0 radical (unpaired) electrons. The summed E-state index contributed by atoms with van der Waals surface area (Å²) < 4.78 is 0. The Morgan fingerprint density at radius 1 is 0.833 bits per heavy atom. The van der Waals surface area contributed by atoms with E-state index in [0.717, 1.165) is 31.2 Å². The highest BCUT2D eigenvalue weighted by Gasteiger charge is 2.14. The van der Waals surface area contributed by atoms with Crippen molar-refractivity contribution in [3.8, 4) is 11.4 Å². The van der Waals surface area contributed by atoms with Gasteiger partial charge in [-0.3, -0.25) is 4.79 Å². The molecule has 0 atom stereocenters. The molecule has 1 aromatic heterocycles. The fourth-order valence-electron chi connectivity index (χ4n) is 3.64. The Morgan fingerprint density at radius 2 is 1.50 bits per heavy atom. The number of carboxylic acids is 1. The Balaban J connectivity index is 1.47. The topological polar surface area (TPSA) is 83.0 Å². The lowest BCUT2D eigenvalue weighted by Crippen LogP contribution is -2.13. The summed E-state index contributed by atoms with van der Waals surface area (Å²) >= 11 is 0. The number of hydrogen-bond acceptors (Lipinski definition) is 3. The van der Waals surface area contributed by atoms with Crippen LogP contribution in [0.25, 0.3) is 22.3 Å². The molecule has 0 bridgehead atoms. The molecule has 5 heteroatoms. The molecule has 150 valence electrons. The van der Waals surface area contributed by atoms with Crippen LogP contribution < -0.4 is 5.56 Å². The second-order valence-electron chi connectivity index (χ2n) is 7.31. The first-order chi connectivity index (χ1) is 14.6. The second-order valence-corrected chi connectivity index (χ2v) is 7.31. The van der Waals surface area contributed by atoms with E-state index in [9.17, 15) is 14.7 Å². The molecule has 4 aromatic rings. The summed E-state index contributed by atoms with van der Waals surface area (Å²) in [7, 11) is 0. The van der Waals surface area contributed by atoms with Gasteiger partial charge in [-0.05, 0) is 48.9 Å². The van der Waals surface area contributed by atoms with Gasteiger partial charge in [-0.2, -0.15) is 0 Å². The van der Waals surface area contributed by atoms with Crippen LogP contribution >= 0.6 is 0 Å². The van der Waals surface area contributed by atoms with E-state index >= 15 is 0 Å². The predicted molar refractivity (Wildman–Crippen MR) is 118 cm³/mol. The van der Waals surface area contributed by atoms with Crippen molar-refractivity contribution < 1.29 is 9.90 Å². The van der Waals surface area contributed by atoms with Gasteiger partial charge in [-0.1, -0.05) is 60.7 Å². The zero-order chi connectivity index (χ0) is 20.9. The molecular formula is C25H22N2O3. The molecule has 0 aliphatic heterocycles. The van der Waals surface area contributed by atoms with E-state index in [0.29, 0.717) is 11.3 Å². The molecule has 4 rings (SSSR count). The van der Waals surface area contributed by atoms with Crippen molar-refractivity contribution in [2.24, 2.45) is 0 Å². The normalized spacial score (nSPS) is 10.9. The van der Waals surface area contributed by atoms with Gasteiger partial charge in [0.15, 0.2) is 0 Å². The van der Waals surface area contributed by atoms with Crippen molar-refractivity contribution in [2.45, 2.75) is 25.7 Å². The monoisotopic (exact) mass is 398 g/mol. The quantitative estimate of drug-likeness (QED) is 0.436. The highest BCUT2D eigenvalue weighted by atomic mass is 16.4. The van der Waals surface area contributed by atoms with Crippen LogP contribution in [0.15, 0.2) is 77.6 Å². The van der Waals surface area contributed by atoms with Gasteiger partial charge >= 0.3 is 5.97 Å². The SMILES string of the molecule is O=C(O)c1cccc2nc(-c3ccc(CCCCc4ccccc4)cc3)[nH]c(=O)c12. The minimum atomic E-state index is -1.14. The molecule has 0 aliphatic rings. The van der Waals surface area contributed by atoms with Gasteiger partial charge in [0.25, 0.3) is 5.56 Å². The number of aromatic carboxylic acids is 1. The summed E-state index contributed by atoms with van der Waals surface area (Å²) in [6.45, 7) is 0. The Labute approximate surface area is 174 Å². The van der Waals surface area contributed by atoms with Gasteiger partial charge in [-0.15, -0.1) is 0 Å². The molecule has 1 heterocycles. The fraction of sp³-hybridized carbons (Fsp3) is 0.160. The molecule has 30 heavy (non-hydrogen) atoms. The van der Waals surface area contributed by atoms with Crippen molar-refractivity contribution in [2.75, 3.05) is 0 Å². The van der Waals surface area contributed by atoms with Gasteiger partial charge in [-0.25, -0.2) is 9.78 Å². The minimum Gasteiger partial charge on any atom is -0.478 e. The Hall–Kier alpha value is -3.73. The first-order valence-corrected chi connectivity index (χ1v) is 10.0. The third-order valence-electron chi connectivity index (χ3n) is 5.22. The first-order valence-electron chi connectivity index (χ1n) is 10.0. The van der Waals surface area contributed by atoms with Gasteiger partial charge < -0.3 is 10.1 Å². The van der Waals surface area contributed by atoms with E-state index < -0.39 is 11.5 Å². The highest BCUT2D eigenvalue weighted by molar-refractivity contribution is 6.02. The number of nitrogens with zero attached hydrogens (tertiary/aromatic N) is 1. The molecule has 5 nitrogen and oxygen atoms in total. The molecular weight excluding hydrogens is 376 g/mol. The molecule has 0 fully saturated rings. The molecule has 0 saturated carbocycles. The van der Waals surface area contributed by atoms with Crippen LogP contribution in [0.1, 0.15) is 34.3 Å². The number of hydrogen-bond donors (Lipinski definition) is 2. The molecule has 0 amide bonds. The average molecular weight is 398 g/mol. The van der Waals surface area contributed by atoms with E-state index in [1.54, 1.807) is 12.1 Å². The number of H-pyrrole nitrogens is 1. The van der Waals surface area contributed by atoms with Crippen LogP contribution in [0.2, 0.25) is 0 Å². The Bertz CT molecular complexity index is 1230. The number of aryl methyl sites for hydroxylation is 2. The number of benzene rings is 3. The van der Waals surface area contributed by atoms with Gasteiger partial charge in [0.2, 0.25) is 0 Å². The van der Waals surface area contributed by atoms with Crippen molar-refractivity contribution in [3.05, 3.63) is 99.8 Å². The molecule has 0 unspecified atom stereocenters. The number of aromatic amines is 1. The lowest BCUT2D eigenvalue weighted by atomic mass is 10.0. The van der Waals surface area contributed by atoms with Crippen LogP contribution in [0.3, 0.4) is 0 Å². The van der Waals surface area contributed by atoms with Crippen LogP contribution in [0, 0.1) is 0 Å². The number of nitrogens with one attached hydrogen (secondary N) is 1. The van der Waals surface area contributed by atoms with E-state index in [1.807, 2.05) is 18.2 Å². The fourth-order valence-corrected chi connectivity index (χ4v) is 3.64. The summed E-state index contributed by atoms with van der Waals surface area (Å²) in [4.78, 5) is 31.1. The van der Waals surface area contributed by atoms with Gasteiger partial charge in [0, 0.05) is 5.56 Å². The maximum atomic E-state index is 12.5. The Kier molecular flexibility index (Phi) is 5.70. The number of carbonyl (C=O) groups is 1. The molecule has 2 N–H and O–H groups in total. The van der Waals surface area contributed by atoms with E-state index in [1.165, 1.54) is 17.2 Å².